The Morgan fingerprint density at radius 2 is 1.86 bits per heavy atom. The summed E-state index contributed by atoms with van der Waals surface area (Å²) in [5.41, 5.74) is 8.49. The number of esters is 1. The number of ether oxygens (including phenoxy) is 1. The first-order valence-electron chi connectivity index (χ1n) is 11.7. The fraction of sp³-hybridized carbons (Fsp3) is 0.423. The van der Waals surface area contributed by atoms with E-state index >= 15 is 4.39 Å². The Balaban J connectivity index is 0.00000342. The van der Waals surface area contributed by atoms with Crippen molar-refractivity contribution in [3.05, 3.63) is 53.2 Å². The van der Waals surface area contributed by atoms with Crippen molar-refractivity contribution in [1.29, 1.82) is 0 Å². The SMILES string of the molecule is CCOC(=O)C[C@H](NC(=O)[C@@H](N)CC(C)C)c1cc(-c2c(C)ccc3nn(C)cc23)cc(F)c1F.Cl.Cl. The number of carbonyl (C=O) groups excluding carboxylic acids is 2. The minimum atomic E-state index is -1.16. The maximum atomic E-state index is 15.1. The van der Waals surface area contributed by atoms with Gasteiger partial charge in [0.15, 0.2) is 11.6 Å². The van der Waals surface area contributed by atoms with Crippen molar-refractivity contribution in [2.75, 3.05) is 6.61 Å². The molecule has 0 aliphatic rings. The molecule has 0 unspecified atom stereocenters. The summed E-state index contributed by atoms with van der Waals surface area (Å²) in [5, 5.41) is 7.81. The van der Waals surface area contributed by atoms with Crippen molar-refractivity contribution in [3.63, 3.8) is 0 Å². The van der Waals surface area contributed by atoms with Crippen LogP contribution in [0.15, 0.2) is 30.5 Å². The molecule has 37 heavy (non-hydrogen) atoms. The van der Waals surface area contributed by atoms with E-state index in [1.807, 2.05) is 32.9 Å². The molecule has 3 aromatic rings. The molecular weight excluding hydrogens is 525 g/mol. The van der Waals surface area contributed by atoms with Crippen LogP contribution in [0, 0.1) is 24.5 Å². The monoisotopic (exact) mass is 558 g/mol. The minimum Gasteiger partial charge on any atom is -0.466 e. The lowest BCUT2D eigenvalue weighted by molar-refractivity contribution is -0.143. The summed E-state index contributed by atoms with van der Waals surface area (Å²) in [5.74, 6) is -3.28. The standard InChI is InChI=1S/C26H32F2N4O3.2ClH/c1-6-35-23(33)12-22(30-26(34)20(29)9-14(2)3)17-10-16(11-19(27)25(17)28)24-15(4)7-8-21-18(24)13-32(5)31-21;;/h7-8,10-11,13-14,20,22H,6,9,12,29H2,1-5H3,(H,30,34);2*1H/t20-,22-;;/m0../s1. The van der Waals surface area contributed by atoms with Gasteiger partial charge < -0.3 is 15.8 Å². The summed E-state index contributed by atoms with van der Waals surface area (Å²) >= 11 is 0. The molecule has 3 N–H and O–H groups in total. The predicted molar refractivity (Wildman–Crippen MR) is 145 cm³/mol. The molecule has 11 heteroatoms. The lowest BCUT2D eigenvalue weighted by Crippen LogP contribution is -2.43. The topological polar surface area (TPSA) is 99.2 Å². The number of aromatic nitrogens is 2. The van der Waals surface area contributed by atoms with Crippen LogP contribution in [0.4, 0.5) is 8.78 Å². The highest BCUT2D eigenvalue weighted by molar-refractivity contribution is 5.96. The number of hydrogen-bond donors (Lipinski definition) is 2. The van der Waals surface area contributed by atoms with Gasteiger partial charge in [-0.2, -0.15) is 5.10 Å². The third-order valence-electron chi connectivity index (χ3n) is 5.79. The first-order valence-corrected chi connectivity index (χ1v) is 11.7. The maximum absolute atomic E-state index is 15.1. The van der Waals surface area contributed by atoms with Gasteiger partial charge in [0, 0.05) is 24.2 Å². The second kappa shape index (κ2) is 13.7. The van der Waals surface area contributed by atoms with Gasteiger partial charge in [-0.05, 0) is 61.1 Å². The average molecular weight is 559 g/mol. The van der Waals surface area contributed by atoms with E-state index < -0.39 is 35.6 Å². The number of hydrogen-bond acceptors (Lipinski definition) is 5. The van der Waals surface area contributed by atoms with Crippen molar-refractivity contribution in [3.8, 4) is 11.1 Å². The van der Waals surface area contributed by atoms with Crippen LogP contribution in [-0.4, -0.2) is 34.3 Å². The summed E-state index contributed by atoms with van der Waals surface area (Å²) in [6, 6.07) is 4.26. The number of nitrogens with one attached hydrogen (secondary N) is 1. The van der Waals surface area contributed by atoms with Crippen LogP contribution in [0.1, 0.15) is 50.8 Å². The Labute approximate surface area is 227 Å². The van der Waals surface area contributed by atoms with Gasteiger partial charge in [0.1, 0.15) is 0 Å². The molecule has 0 saturated heterocycles. The molecule has 0 saturated carbocycles. The molecule has 0 bridgehead atoms. The first kappa shape index (κ1) is 32.3. The van der Waals surface area contributed by atoms with Gasteiger partial charge in [-0.15, -0.1) is 24.8 Å². The smallest absolute Gasteiger partial charge is 0.308 e. The summed E-state index contributed by atoms with van der Waals surface area (Å²) in [6.07, 6.45) is 1.84. The Hall–Kier alpha value is -2.75. The van der Waals surface area contributed by atoms with Gasteiger partial charge in [-0.1, -0.05) is 19.9 Å². The minimum absolute atomic E-state index is 0. The molecule has 1 amide bonds. The molecule has 0 fully saturated rings. The van der Waals surface area contributed by atoms with Gasteiger partial charge in [-0.25, -0.2) is 8.78 Å². The van der Waals surface area contributed by atoms with Gasteiger partial charge in [0.05, 0.1) is 30.6 Å². The molecule has 3 rings (SSSR count). The van der Waals surface area contributed by atoms with E-state index in [1.54, 1.807) is 24.9 Å². The molecule has 1 heterocycles. The van der Waals surface area contributed by atoms with Crippen LogP contribution >= 0.6 is 24.8 Å². The quantitative estimate of drug-likeness (QED) is 0.353. The number of carbonyl (C=O) groups is 2. The molecule has 2 atom stereocenters. The molecule has 1 aromatic heterocycles. The Morgan fingerprint density at radius 1 is 1.19 bits per heavy atom. The zero-order valence-corrected chi connectivity index (χ0v) is 23.1. The van der Waals surface area contributed by atoms with Crippen LogP contribution < -0.4 is 11.1 Å². The van der Waals surface area contributed by atoms with Crippen LogP contribution in [-0.2, 0) is 21.4 Å². The number of rotatable bonds is 9. The zero-order chi connectivity index (χ0) is 25.9. The summed E-state index contributed by atoms with van der Waals surface area (Å²) in [6.45, 7) is 7.46. The van der Waals surface area contributed by atoms with E-state index in [0.29, 0.717) is 23.1 Å². The highest BCUT2D eigenvalue weighted by Gasteiger charge is 2.27. The number of halogens is 4. The Morgan fingerprint density at radius 3 is 2.49 bits per heavy atom. The molecule has 7 nitrogen and oxygen atoms in total. The molecule has 204 valence electrons. The lowest BCUT2D eigenvalue weighted by Gasteiger charge is -2.23. The molecule has 0 spiro atoms. The molecule has 0 aliphatic carbocycles. The fourth-order valence-electron chi connectivity index (χ4n) is 4.23. The van der Waals surface area contributed by atoms with Crippen molar-refractivity contribution in [1.82, 2.24) is 15.1 Å². The largest absolute Gasteiger partial charge is 0.466 e. The Bertz CT molecular complexity index is 1250. The van der Waals surface area contributed by atoms with E-state index in [2.05, 4.69) is 10.4 Å². The molecule has 0 radical (unpaired) electrons. The third kappa shape index (κ3) is 7.63. The second-order valence-corrected chi connectivity index (χ2v) is 9.16. The van der Waals surface area contributed by atoms with Crippen molar-refractivity contribution in [2.45, 2.75) is 52.6 Å². The normalized spacial score (nSPS) is 12.5. The van der Waals surface area contributed by atoms with Gasteiger partial charge in [-0.3, -0.25) is 14.3 Å². The fourth-order valence-corrected chi connectivity index (χ4v) is 4.23. The second-order valence-electron chi connectivity index (χ2n) is 9.16. The van der Waals surface area contributed by atoms with Crippen LogP contribution in [0.5, 0.6) is 0 Å². The van der Waals surface area contributed by atoms with E-state index in [4.69, 9.17) is 10.5 Å². The Kier molecular flexibility index (Phi) is 11.9. The van der Waals surface area contributed by atoms with Crippen molar-refractivity contribution in [2.24, 2.45) is 18.7 Å². The summed E-state index contributed by atoms with van der Waals surface area (Å²) < 4.78 is 36.7. The number of amides is 1. The van der Waals surface area contributed by atoms with Crippen molar-refractivity contribution < 1.29 is 23.1 Å². The van der Waals surface area contributed by atoms with E-state index in [1.165, 1.54) is 6.07 Å². The lowest BCUT2D eigenvalue weighted by atomic mass is 9.92. The van der Waals surface area contributed by atoms with Gasteiger partial charge in [0.2, 0.25) is 5.91 Å². The van der Waals surface area contributed by atoms with E-state index in [-0.39, 0.29) is 49.3 Å². The zero-order valence-electron chi connectivity index (χ0n) is 21.5. The van der Waals surface area contributed by atoms with Crippen molar-refractivity contribution >= 4 is 47.6 Å². The predicted octanol–water partition coefficient (Wildman–Crippen LogP) is 5.15. The summed E-state index contributed by atoms with van der Waals surface area (Å²) in [7, 11) is 1.78. The van der Waals surface area contributed by atoms with Gasteiger partial charge >= 0.3 is 5.97 Å². The molecule has 2 aromatic carbocycles. The number of aryl methyl sites for hydroxylation is 2. The highest BCUT2D eigenvalue weighted by atomic mass is 35.5. The maximum Gasteiger partial charge on any atom is 0.308 e. The van der Waals surface area contributed by atoms with Crippen LogP contribution in [0.2, 0.25) is 0 Å². The van der Waals surface area contributed by atoms with E-state index in [0.717, 1.165) is 17.0 Å². The first-order chi connectivity index (χ1) is 16.5. The third-order valence-corrected chi connectivity index (χ3v) is 5.79. The molecular formula is C26H34Cl2F2N4O3. The highest BCUT2D eigenvalue weighted by Crippen LogP contribution is 2.35. The number of benzene rings is 2. The summed E-state index contributed by atoms with van der Waals surface area (Å²) in [4.78, 5) is 25.1. The molecule has 0 aliphatic heterocycles. The number of fused-ring (bicyclic) bond motifs is 1. The van der Waals surface area contributed by atoms with Crippen LogP contribution in [0.25, 0.3) is 22.0 Å². The van der Waals surface area contributed by atoms with Crippen LogP contribution in [0.3, 0.4) is 0 Å². The van der Waals surface area contributed by atoms with E-state index in [9.17, 15) is 14.0 Å². The van der Waals surface area contributed by atoms with Gasteiger partial charge in [0.25, 0.3) is 0 Å². The number of nitrogens with zero attached hydrogens (tertiary/aromatic N) is 2. The average Bonchev–Trinajstić information content (AvgIpc) is 3.15. The number of nitrogens with two attached hydrogens (primary N) is 1.